The van der Waals surface area contributed by atoms with Crippen molar-refractivity contribution in [1.29, 1.82) is 0 Å². The Labute approximate surface area is 139 Å². The third-order valence-corrected chi connectivity index (χ3v) is 3.52. The van der Waals surface area contributed by atoms with Gasteiger partial charge in [0.05, 0.1) is 0 Å². The minimum atomic E-state index is -0.478. The van der Waals surface area contributed by atoms with Gasteiger partial charge in [0.2, 0.25) is 0 Å². The molecule has 1 aromatic rings. The van der Waals surface area contributed by atoms with Gasteiger partial charge in [-0.15, -0.1) is 0 Å². The number of hydrogen-bond acceptors (Lipinski definition) is 4. The molecule has 0 aliphatic carbocycles. The van der Waals surface area contributed by atoms with Gasteiger partial charge in [-0.25, -0.2) is 4.79 Å². The van der Waals surface area contributed by atoms with E-state index in [1.54, 1.807) is 12.1 Å². The summed E-state index contributed by atoms with van der Waals surface area (Å²) in [5.41, 5.74) is 0.638. The molecule has 3 N–H and O–H groups in total. The van der Waals surface area contributed by atoms with Gasteiger partial charge in [0.25, 0.3) is 0 Å². The number of nitrogens with one attached hydrogen (secondary N) is 2. The van der Waals surface area contributed by atoms with Crippen molar-refractivity contribution in [3.05, 3.63) is 29.8 Å². The van der Waals surface area contributed by atoms with Crippen LogP contribution in [0.3, 0.4) is 0 Å². The second-order valence-corrected chi connectivity index (χ2v) is 7.18. The van der Waals surface area contributed by atoms with Crippen LogP contribution in [0.5, 0.6) is 5.75 Å². The van der Waals surface area contributed by atoms with Gasteiger partial charge in [0, 0.05) is 19.6 Å². The van der Waals surface area contributed by atoms with Crippen LogP contribution in [-0.4, -0.2) is 29.9 Å². The van der Waals surface area contributed by atoms with E-state index in [2.05, 4.69) is 24.5 Å². The highest BCUT2D eigenvalue weighted by Crippen LogP contribution is 2.12. The normalized spacial score (nSPS) is 13.0. The minimum absolute atomic E-state index is 0.273. The number of ether oxygens (including phenoxy) is 1. The maximum atomic E-state index is 11.7. The monoisotopic (exact) mass is 322 g/mol. The third-order valence-electron chi connectivity index (χ3n) is 3.52. The van der Waals surface area contributed by atoms with Crippen LogP contribution in [0.1, 0.15) is 40.2 Å². The standard InChI is InChI=1S/C18H30N2O3/c1-13(2)15(12-20-17(22)23-18(3,4)5)11-19-10-14-6-8-16(21)9-7-14/h6-9,13,15,19,21H,10-12H2,1-5H3,(H,20,22). The number of hydrogen-bond donors (Lipinski definition) is 3. The fourth-order valence-electron chi connectivity index (χ4n) is 2.09. The number of amides is 1. The molecule has 0 fully saturated rings. The number of rotatable bonds is 7. The van der Waals surface area contributed by atoms with Crippen molar-refractivity contribution in [3.63, 3.8) is 0 Å². The summed E-state index contributed by atoms with van der Waals surface area (Å²) in [6.07, 6.45) is -0.373. The smallest absolute Gasteiger partial charge is 0.407 e. The van der Waals surface area contributed by atoms with Crippen LogP contribution in [0, 0.1) is 11.8 Å². The summed E-state index contributed by atoms with van der Waals surface area (Å²) in [7, 11) is 0. The van der Waals surface area contributed by atoms with E-state index in [9.17, 15) is 9.90 Å². The Morgan fingerprint density at radius 1 is 1.17 bits per heavy atom. The molecule has 1 aromatic carbocycles. The van der Waals surface area contributed by atoms with Crippen molar-refractivity contribution in [1.82, 2.24) is 10.6 Å². The van der Waals surface area contributed by atoms with Gasteiger partial charge in [-0.2, -0.15) is 0 Å². The first-order valence-electron chi connectivity index (χ1n) is 8.13. The number of carbonyl (C=O) groups excluding carboxylic acids is 1. The second-order valence-electron chi connectivity index (χ2n) is 7.18. The van der Waals surface area contributed by atoms with Gasteiger partial charge in [0.15, 0.2) is 0 Å². The van der Waals surface area contributed by atoms with Gasteiger partial charge in [-0.3, -0.25) is 0 Å². The molecular formula is C18H30N2O3. The highest BCUT2D eigenvalue weighted by Gasteiger charge is 2.18. The molecule has 0 saturated heterocycles. The van der Waals surface area contributed by atoms with E-state index < -0.39 is 5.60 Å². The Morgan fingerprint density at radius 3 is 2.30 bits per heavy atom. The number of carbonyl (C=O) groups is 1. The molecule has 130 valence electrons. The van der Waals surface area contributed by atoms with Gasteiger partial charge in [-0.1, -0.05) is 26.0 Å². The molecule has 23 heavy (non-hydrogen) atoms. The zero-order valence-corrected chi connectivity index (χ0v) is 14.8. The summed E-state index contributed by atoms with van der Waals surface area (Å²) in [5, 5.41) is 15.5. The average molecular weight is 322 g/mol. The Morgan fingerprint density at radius 2 is 1.78 bits per heavy atom. The number of phenols is 1. The first-order valence-corrected chi connectivity index (χ1v) is 8.13. The molecule has 1 amide bonds. The van der Waals surface area contributed by atoms with Crippen molar-refractivity contribution in [2.45, 2.75) is 46.8 Å². The summed E-state index contributed by atoms with van der Waals surface area (Å²) in [6.45, 7) is 12.0. The van der Waals surface area contributed by atoms with E-state index in [0.717, 1.165) is 18.7 Å². The number of benzene rings is 1. The molecule has 0 aliphatic rings. The highest BCUT2D eigenvalue weighted by molar-refractivity contribution is 5.67. The first-order chi connectivity index (χ1) is 10.7. The van der Waals surface area contributed by atoms with E-state index >= 15 is 0 Å². The van der Waals surface area contributed by atoms with E-state index in [4.69, 9.17) is 4.74 Å². The minimum Gasteiger partial charge on any atom is -0.508 e. The van der Waals surface area contributed by atoms with Crippen LogP contribution in [0.15, 0.2) is 24.3 Å². The van der Waals surface area contributed by atoms with E-state index in [1.807, 2.05) is 32.9 Å². The highest BCUT2D eigenvalue weighted by atomic mass is 16.6. The average Bonchev–Trinajstić information content (AvgIpc) is 2.42. The Hall–Kier alpha value is -1.75. The van der Waals surface area contributed by atoms with Crippen LogP contribution in [-0.2, 0) is 11.3 Å². The molecule has 0 saturated carbocycles. The number of phenolic OH excluding ortho intramolecular Hbond substituents is 1. The van der Waals surface area contributed by atoms with Crippen LogP contribution in [0.2, 0.25) is 0 Å². The molecule has 0 spiro atoms. The van der Waals surface area contributed by atoms with E-state index in [1.165, 1.54) is 0 Å². The summed E-state index contributed by atoms with van der Waals surface area (Å²) < 4.78 is 5.26. The molecule has 0 aliphatic heterocycles. The molecule has 5 nitrogen and oxygen atoms in total. The molecule has 1 rings (SSSR count). The van der Waals surface area contributed by atoms with Crippen molar-refractivity contribution in [2.75, 3.05) is 13.1 Å². The van der Waals surface area contributed by atoms with Crippen LogP contribution >= 0.6 is 0 Å². The first kappa shape index (κ1) is 19.3. The quantitative estimate of drug-likeness (QED) is 0.720. The number of alkyl carbamates (subject to hydrolysis) is 1. The predicted octanol–water partition coefficient (Wildman–Crippen LogP) is 3.28. The lowest BCUT2D eigenvalue weighted by Crippen LogP contribution is -2.39. The van der Waals surface area contributed by atoms with Gasteiger partial charge in [0.1, 0.15) is 11.4 Å². The summed E-state index contributed by atoms with van der Waals surface area (Å²) in [5.74, 6) is 1.03. The molecule has 0 aromatic heterocycles. The molecular weight excluding hydrogens is 292 g/mol. The van der Waals surface area contributed by atoms with Crippen LogP contribution in [0.25, 0.3) is 0 Å². The molecule has 1 atom stereocenters. The summed E-state index contributed by atoms with van der Waals surface area (Å²) in [4.78, 5) is 11.7. The SMILES string of the molecule is CC(C)C(CNCc1ccc(O)cc1)CNC(=O)OC(C)(C)C. The van der Waals surface area contributed by atoms with Crippen molar-refractivity contribution in [3.8, 4) is 5.75 Å². The molecule has 0 bridgehead atoms. The van der Waals surface area contributed by atoms with Crippen molar-refractivity contribution < 1.29 is 14.6 Å². The lowest BCUT2D eigenvalue weighted by molar-refractivity contribution is 0.0515. The second kappa shape index (κ2) is 8.77. The van der Waals surface area contributed by atoms with Crippen molar-refractivity contribution in [2.24, 2.45) is 11.8 Å². The van der Waals surface area contributed by atoms with Crippen LogP contribution in [0.4, 0.5) is 4.79 Å². The van der Waals surface area contributed by atoms with E-state index in [0.29, 0.717) is 18.4 Å². The predicted molar refractivity (Wildman–Crippen MR) is 92.4 cm³/mol. The Bertz CT molecular complexity index is 478. The lowest BCUT2D eigenvalue weighted by atomic mass is 9.95. The van der Waals surface area contributed by atoms with Crippen LogP contribution < -0.4 is 10.6 Å². The van der Waals surface area contributed by atoms with Gasteiger partial charge >= 0.3 is 6.09 Å². The van der Waals surface area contributed by atoms with Crippen molar-refractivity contribution >= 4 is 6.09 Å². The molecule has 0 heterocycles. The Balaban J connectivity index is 2.37. The zero-order valence-electron chi connectivity index (χ0n) is 14.8. The van der Waals surface area contributed by atoms with Gasteiger partial charge < -0.3 is 20.5 Å². The molecule has 5 heteroatoms. The molecule has 1 unspecified atom stereocenters. The maximum absolute atomic E-state index is 11.7. The fourth-order valence-corrected chi connectivity index (χ4v) is 2.09. The third kappa shape index (κ3) is 8.45. The molecule has 0 radical (unpaired) electrons. The maximum Gasteiger partial charge on any atom is 0.407 e. The fraction of sp³-hybridized carbons (Fsp3) is 0.611. The van der Waals surface area contributed by atoms with E-state index in [-0.39, 0.29) is 11.8 Å². The zero-order chi connectivity index (χ0) is 17.5. The number of aromatic hydroxyl groups is 1. The Kier molecular flexibility index (Phi) is 7.36. The largest absolute Gasteiger partial charge is 0.508 e. The lowest BCUT2D eigenvalue weighted by Gasteiger charge is -2.24. The summed E-state index contributed by atoms with van der Waals surface area (Å²) in [6, 6.07) is 7.15. The van der Waals surface area contributed by atoms with Gasteiger partial charge in [-0.05, 0) is 50.3 Å². The summed E-state index contributed by atoms with van der Waals surface area (Å²) >= 11 is 0. The topological polar surface area (TPSA) is 70.6 Å².